The van der Waals surface area contributed by atoms with Crippen LogP contribution in [-0.4, -0.2) is 68.4 Å². The maximum atomic E-state index is 13.3. The molecule has 0 bridgehead atoms. The summed E-state index contributed by atoms with van der Waals surface area (Å²) in [5.41, 5.74) is 6.85. The number of nitrogens with two attached hydrogens (primary N) is 1. The normalized spacial score (nSPS) is 12.8. The summed E-state index contributed by atoms with van der Waals surface area (Å²) >= 11 is 0. The van der Waals surface area contributed by atoms with E-state index in [1.54, 1.807) is 36.4 Å². The van der Waals surface area contributed by atoms with Crippen molar-refractivity contribution in [2.45, 2.75) is 51.2 Å². The largest absolute Gasteiger partial charge is 1.00 e. The summed E-state index contributed by atoms with van der Waals surface area (Å²) in [6, 6.07) is 13.9. The van der Waals surface area contributed by atoms with Crippen LogP contribution in [0.25, 0.3) is 0 Å². The fourth-order valence-corrected chi connectivity index (χ4v) is 4.56. The zero-order valence-corrected chi connectivity index (χ0v) is 26.7. The molecule has 1 aliphatic carbocycles. The molecule has 0 aromatic heterocycles. The Bertz CT molecular complexity index is 1380. The number of esters is 1. The van der Waals surface area contributed by atoms with Crippen LogP contribution in [0, 0.1) is 0 Å². The number of amides is 1. The monoisotopic (exact) mass is 738 g/mol. The molecule has 1 amide bonds. The number of primary amides is 1. The van der Waals surface area contributed by atoms with Gasteiger partial charge in [-0.1, -0.05) is 6.07 Å². The minimum atomic E-state index is -0.743. The average molecular weight is 738 g/mol. The number of carbonyl (C=O) groups is 3. The van der Waals surface area contributed by atoms with Crippen LogP contribution in [0.3, 0.4) is 0 Å². The van der Waals surface area contributed by atoms with Crippen LogP contribution >= 0.6 is 0 Å². The maximum Gasteiger partial charge on any atom is 1.00 e. The number of aromatic hydroxyl groups is 2. The Labute approximate surface area is 252 Å². The van der Waals surface area contributed by atoms with Crippen molar-refractivity contribution in [1.82, 2.24) is 0 Å². The molecule has 0 saturated heterocycles. The fraction of sp³-hybridized carbons (Fsp3) is 0.300. The molecule has 10 heteroatoms. The smallest absolute Gasteiger partial charge is 0.507 e. The summed E-state index contributed by atoms with van der Waals surface area (Å²) in [5.74, 6) is -1.03. The minimum absolute atomic E-state index is 0. The van der Waals surface area contributed by atoms with Gasteiger partial charge in [-0.05, 0) is 85.7 Å². The number of hydrogen-bond donors (Lipinski definition) is 3. The summed E-state index contributed by atoms with van der Waals surface area (Å²) in [5, 5.41) is 20.6. The second kappa shape index (κ2) is 14.1. The van der Waals surface area contributed by atoms with Gasteiger partial charge in [0.25, 0.3) is 5.91 Å². The summed E-state index contributed by atoms with van der Waals surface area (Å²) < 4.78 is 16.6. The molecule has 4 rings (SSSR count). The Morgan fingerprint density at radius 3 is 2.27 bits per heavy atom. The van der Waals surface area contributed by atoms with Crippen molar-refractivity contribution < 1.29 is 38.8 Å². The van der Waals surface area contributed by atoms with Gasteiger partial charge >= 0.3 is 33.3 Å². The average Bonchev–Trinajstić information content (AvgIpc) is 3.43. The molecule has 0 unspecified atom stereocenters. The fourth-order valence-electron chi connectivity index (χ4n) is 4.56. The van der Waals surface area contributed by atoms with E-state index in [1.165, 1.54) is 25.3 Å². The third kappa shape index (κ3) is 7.74. The van der Waals surface area contributed by atoms with Crippen molar-refractivity contribution in [3.05, 3.63) is 82.4 Å². The molecule has 0 heterocycles. The van der Waals surface area contributed by atoms with E-state index in [-0.39, 0.29) is 75.5 Å². The van der Waals surface area contributed by atoms with E-state index in [0.717, 1.165) is 25.7 Å². The van der Waals surface area contributed by atoms with E-state index >= 15 is 0 Å². The summed E-state index contributed by atoms with van der Waals surface area (Å²) in [6.45, 7) is 0.0500. The molecule has 0 atom stereocenters. The van der Waals surface area contributed by atoms with Crippen LogP contribution in [-0.2, 0) is 22.6 Å². The molecule has 1 saturated carbocycles. The first-order chi connectivity index (χ1) is 18.7. The molecule has 206 valence electrons. The first kappa shape index (κ1) is 30.9. The minimum Gasteiger partial charge on any atom is -0.507 e. The van der Waals surface area contributed by atoms with Crippen LogP contribution in [0.15, 0.2) is 54.6 Å². The summed E-state index contributed by atoms with van der Waals surface area (Å²) in [7, 11) is 1.30. The number of rotatable bonds is 11. The van der Waals surface area contributed by atoms with Gasteiger partial charge in [-0.2, -0.15) is 0 Å². The molecule has 0 spiro atoms. The standard InChI is InChI=1S/C30H31NO8.Tl/c1-37-28(34)13-8-19-15-20(7-12-27(19)38-17-18-6-10-24(30(31)36)25(32)14-18)29(35)23-11-9-22(16-26(23)33)39-21-4-2-3-5-21;/h6-7,9-12,14-16,21,32-33H,2-5,8,13,17H2,1H3,(H2,31,36);/q;+1. The van der Waals surface area contributed by atoms with Gasteiger partial charge in [0.05, 0.1) is 24.3 Å². The van der Waals surface area contributed by atoms with Gasteiger partial charge in [0.1, 0.15) is 29.6 Å². The first-order valence-electron chi connectivity index (χ1n) is 12.7. The quantitative estimate of drug-likeness (QED) is 0.152. The molecule has 0 radical (unpaired) electrons. The Hall–Kier alpha value is -3.61. The molecule has 1 aliphatic rings. The topological polar surface area (TPSA) is 145 Å². The SMILES string of the molecule is COC(=O)CCc1cc(C(=O)c2ccc(OC3CCCC3)cc2O)ccc1OCc1ccc(C(N)=O)c(O)c1.[Tl+]. The molecular weight excluding hydrogens is 707 g/mol. The predicted molar refractivity (Wildman–Crippen MR) is 148 cm³/mol. The molecule has 1 fully saturated rings. The Kier molecular flexibility index (Phi) is 10.9. The molecule has 4 N–H and O–H groups in total. The number of methoxy groups -OCH3 is 1. The number of aryl methyl sites for hydroxylation is 1. The number of ketones is 1. The Morgan fingerprint density at radius 1 is 0.925 bits per heavy atom. The third-order valence-corrected chi connectivity index (χ3v) is 6.69. The van der Waals surface area contributed by atoms with Crippen molar-refractivity contribution in [2.75, 3.05) is 7.11 Å². The van der Waals surface area contributed by atoms with E-state index in [0.29, 0.717) is 28.2 Å². The van der Waals surface area contributed by atoms with Crippen molar-refractivity contribution >= 4 is 45.0 Å². The number of ether oxygens (including phenoxy) is 3. The van der Waals surface area contributed by atoms with Crippen molar-refractivity contribution in [3.63, 3.8) is 0 Å². The molecular formula is C30H31NO8Tl+. The Morgan fingerprint density at radius 2 is 1.62 bits per heavy atom. The Balaban J connectivity index is 0.00000441. The van der Waals surface area contributed by atoms with Crippen molar-refractivity contribution in [1.29, 1.82) is 0 Å². The van der Waals surface area contributed by atoms with Gasteiger partial charge in [0, 0.05) is 18.1 Å². The van der Waals surface area contributed by atoms with Gasteiger partial charge < -0.3 is 30.2 Å². The van der Waals surface area contributed by atoms with Crippen LogP contribution in [0.2, 0.25) is 0 Å². The second-order valence-electron chi connectivity index (χ2n) is 9.44. The van der Waals surface area contributed by atoms with Crippen LogP contribution in [0.1, 0.15) is 69.5 Å². The van der Waals surface area contributed by atoms with Gasteiger partial charge in [0.15, 0.2) is 5.78 Å². The van der Waals surface area contributed by atoms with Gasteiger partial charge in [0.2, 0.25) is 0 Å². The zero-order chi connectivity index (χ0) is 27.9. The number of phenolic OH excluding ortho intramolecular Hbond substituents is 1. The van der Waals surface area contributed by atoms with E-state index in [2.05, 4.69) is 0 Å². The molecule has 3 aromatic rings. The van der Waals surface area contributed by atoms with E-state index in [1.807, 2.05) is 0 Å². The number of phenols is 2. The number of benzene rings is 3. The van der Waals surface area contributed by atoms with Crippen LogP contribution in [0.5, 0.6) is 23.0 Å². The van der Waals surface area contributed by atoms with E-state index in [4.69, 9.17) is 19.9 Å². The first-order valence-corrected chi connectivity index (χ1v) is 12.7. The predicted octanol–water partition coefficient (Wildman–Crippen LogP) is 4.05. The molecule has 3 aromatic carbocycles. The summed E-state index contributed by atoms with van der Waals surface area (Å²) in [6.07, 6.45) is 4.63. The second-order valence-corrected chi connectivity index (χ2v) is 9.44. The van der Waals surface area contributed by atoms with Gasteiger partial charge in [-0.25, -0.2) is 0 Å². The van der Waals surface area contributed by atoms with Gasteiger partial charge in [-0.3, -0.25) is 14.4 Å². The number of hydrogen-bond acceptors (Lipinski definition) is 8. The molecule has 40 heavy (non-hydrogen) atoms. The van der Waals surface area contributed by atoms with E-state index in [9.17, 15) is 24.6 Å². The number of carbonyl (C=O) groups excluding carboxylic acids is 3. The van der Waals surface area contributed by atoms with E-state index < -0.39 is 17.7 Å². The molecule has 9 nitrogen and oxygen atoms in total. The summed E-state index contributed by atoms with van der Waals surface area (Å²) in [4.78, 5) is 36.4. The maximum absolute atomic E-state index is 13.3. The third-order valence-electron chi connectivity index (χ3n) is 6.69. The van der Waals surface area contributed by atoms with Gasteiger partial charge in [-0.15, -0.1) is 0 Å². The van der Waals surface area contributed by atoms with Crippen molar-refractivity contribution in [2.24, 2.45) is 5.73 Å². The van der Waals surface area contributed by atoms with Crippen LogP contribution < -0.4 is 15.2 Å². The zero-order valence-electron chi connectivity index (χ0n) is 22.2. The molecule has 0 aliphatic heterocycles. The van der Waals surface area contributed by atoms with Crippen LogP contribution in [0.4, 0.5) is 0 Å². The van der Waals surface area contributed by atoms with Crippen molar-refractivity contribution in [3.8, 4) is 23.0 Å².